The molecule has 0 aliphatic carbocycles. The number of nitrogens with one attached hydrogen (secondary N) is 1. The molecule has 7 nitrogen and oxygen atoms in total. The molecule has 0 fully saturated rings. The van der Waals surface area contributed by atoms with Gasteiger partial charge in [-0.1, -0.05) is 56.6 Å². The Balaban J connectivity index is 1.85. The number of anilines is 1. The topological polar surface area (TPSA) is 105 Å². The summed E-state index contributed by atoms with van der Waals surface area (Å²) in [5.41, 5.74) is 1.29. The lowest BCUT2D eigenvalue weighted by molar-refractivity contribution is -0.385. The molecule has 1 amide bonds. The minimum atomic E-state index is -0.660. The van der Waals surface area contributed by atoms with Crippen LogP contribution in [0, 0.1) is 21.4 Å². The van der Waals surface area contributed by atoms with Gasteiger partial charge >= 0.3 is 5.69 Å². The van der Waals surface area contributed by atoms with Crippen LogP contribution in [0.1, 0.15) is 31.9 Å². The zero-order valence-corrected chi connectivity index (χ0v) is 19.6. The summed E-state index contributed by atoms with van der Waals surface area (Å²) < 4.78 is 5.74. The molecule has 0 atom stereocenters. The molecule has 0 radical (unpaired) electrons. The summed E-state index contributed by atoms with van der Waals surface area (Å²) in [5, 5.41) is 24.1. The van der Waals surface area contributed by atoms with Crippen LogP contribution in [0.2, 0.25) is 5.02 Å². The molecule has 3 aromatic rings. The highest BCUT2D eigenvalue weighted by Gasteiger charge is 2.19. The second-order valence-electron chi connectivity index (χ2n) is 8.49. The Kier molecular flexibility index (Phi) is 7.34. The van der Waals surface area contributed by atoms with Gasteiger partial charge in [0.15, 0.2) is 0 Å². The van der Waals surface area contributed by atoms with Crippen LogP contribution in [-0.4, -0.2) is 10.8 Å². The van der Waals surface area contributed by atoms with Gasteiger partial charge < -0.3 is 10.1 Å². The molecule has 172 valence electrons. The van der Waals surface area contributed by atoms with Gasteiger partial charge in [0.05, 0.1) is 4.92 Å². The van der Waals surface area contributed by atoms with E-state index < -0.39 is 10.8 Å². The molecule has 0 bridgehead atoms. The molecule has 0 saturated carbocycles. The van der Waals surface area contributed by atoms with Crippen LogP contribution >= 0.6 is 11.6 Å². The van der Waals surface area contributed by atoms with Gasteiger partial charge in [0.1, 0.15) is 17.4 Å². The van der Waals surface area contributed by atoms with Gasteiger partial charge in [0.25, 0.3) is 5.91 Å². The number of carbonyl (C=O) groups is 1. The fraction of sp³-hybridized carbons (Fsp3) is 0.154. The second-order valence-corrected chi connectivity index (χ2v) is 8.93. The molecular formula is C26H22ClN3O4. The molecule has 0 unspecified atom stereocenters. The summed E-state index contributed by atoms with van der Waals surface area (Å²) in [7, 11) is 0. The third kappa shape index (κ3) is 6.21. The van der Waals surface area contributed by atoms with Gasteiger partial charge in [-0.05, 0) is 59.0 Å². The van der Waals surface area contributed by atoms with E-state index in [0.29, 0.717) is 22.0 Å². The van der Waals surface area contributed by atoms with E-state index in [0.717, 1.165) is 5.56 Å². The zero-order chi connectivity index (χ0) is 24.9. The molecule has 0 aliphatic rings. The van der Waals surface area contributed by atoms with Gasteiger partial charge in [-0.2, -0.15) is 5.26 Å². The number of carbonyl (C=O) groups excluding carboxylic acids is 1. The Hall–Kier alpha value is -4.15. The van der Waals surface area contributed by atoms with Crippen molar-refractivity contribution in [1.29, 1.82) is 5.26 Å². The number of rotatable bonds is 6. The van der Waals surface area contributed by atoms with Crippen molar-refractivity contribution in [3.05, 3.63) is 98.6 Å². The highest BCUT2D eigenvalue weighted by Crippen LogP contribution is 2.34. The molecule has 8 heteroatoms. The van der Waals surface area contributed by atoms with Crippen molar-refractivity contribution >= 4 is 35.0 Å². The van der Waals surface area contributed by atoms with E-state index >= 15 is 0 Å². The maximum atomic E-state index is 12.5. The van der Waals surface area contributed by atoms with Gasteiger partial charge in [0, 0.05) is 16.8 Å². The number of ether oxygens (including phenoxy) is 1. The summed E-state index contributed by atoms with van der Waals surface area (Å²) in [6.45, 7) is 6.26. The predicted octanol–water partition coefficient (Wildman–Crippen LogP) is 6.88. The quantitative estimate of drug-likeness (QED) is 0.181. The number of hydrogen-bond donors (Lipinski definition) is 1. The van der Waals surface area contributed by atoms with Gasteiger partial charge in [-0.15, -0.1) is 0 Å². The first kappa shape index (κ1) is 24.5. The Morgan fingerprint density at radius 1 is 1.12 bits per heavy atom. The average molecular weight is 476 g/mol. The van der Waals surface area contributed by atoms with Gasteiger partial charge in [-0.25, -0.2) is 0 Å². The van der Waals surface area contributed by atoms with E-state index in [9.17, 15) is 20.2 Å². The van der Waals surface area contributed by atoms with Crippen LogP contribution in [0.3, 0.4) is 0 Å². The first-order chi connectivity index (χ1) is 16.1. The van der Waals surface area contributed by atoms with E-state index in [1.54, 1.807) is 36.4 Å². The lowest BCUT2D eigenvalue weighted by Gasteiger charge is -2.19. The standard InChI is InChI=1S/C26H22ClN3O4/c1-26(2,3)19-8-10-22(11-9-19)34-24-12-7-17(14-23(24)30(32)33)13-18(16-28)25(31)29-21-6-4-5-20(27)15-21/h4-15H,1-3H3,(H,29,31). The number of amides is 1. The largest absolute Gasteiger partial charge is 0.450 e. The molecule has 34 heavy (non-hydrogen) atoms. The number of nitrogens with zero attached hydrogens (tertiary/aromatic N) is 2. The van der Waals surface area contributed by atoms with E-state index in [2.05, 4.69) is 26.1 Å². The summed E-state index contributed by atoms with van der Waals surface area (Å²) in [6.07, 6.45) is 1.27. The summed E-state index contributed by atoms with van der Waals surface area (Å²) in [4.78, 5) is 23.6. The molecule has 0 aromatic heterocycles. The Morgan fingerprint density at radius 2 is 1.82 bits per heavy atom. The third-order valence-corrected chi connectivity index (χ3v) is 5.12. The number of hydrogen-bond acceptors (Lipinski definition) is 5. The Morgan fingerprint density at radius 3 is 2.41 bits per heavy atom. The average Bonchev–Trinajstić information content (AvgIpc) is 2.77. The van der Waals surface area contributed by atoms with Gasteiger partial charge in [-0.3, -0.25) is 14.9 Å². The van der Waals surface area contributed by atoms with E-state index in [4.69, 9.17) is 16.3 Å². The third-order valence-electron chi connectivity index (χ3n) is 4.89. The van der Waals surface area contributed by atoms with Crippen LogP contribution in [0.5, 0.6) is 11.5 Å². The molecule has 3 rings (SSSR count). The highest BCUT2D eigenvalue weighted by atomic mass is 35.5. The summed E-state index contributed by atoms with van der Waals surface area (Å²) in [6, 6.07) is 19.9. The van der Waals surface area contributed by atoms with Crippen LogP contribution in [-0.2, 0) is 10.2 Å². The predicted molar refractivity (Wildman–Crippen MR) is 132 cm³/mol. The van der Waals surface area contributed by atoms with Crippen molar-refractivity contribution < 1.29 is 14.5 Å². The van der Waals surface area contributed by atoms with E-state index in [1.165, 1.54) is 24.3 Å². The lowest BCUT2D eigenvalue weighted by atomic mass is 9.87. The molecule has 0 saturated heterocycles. The molecule has 3 aromatic carbocycles. The van der Waals surface area contributed by atoms with Crippen molar-refractivity contribution in [3.63, 3.8) is 0 Å². The number of nitro groups is 1. The van der Waals surface area contributed by atoms with Crippen molar-refractivity contribution in [1.82, 2.24) is 0 Å². The van der Waals surface area contributed by atoms with Crippen molar-refractivity contribution in [2.24, 2.45) is 0 Å². The Bertz CT molecular complexity index is 1300. The number of halogens is 1. The van der Waals surface area contributed by atoms with Crippen LogP contribution in [0.25, 0.3) is 6.08 Å². The summed E-state index contributed by atoms with van der Waals surface area (Å²) >= 11 is 5.91. The first-order valence-corrected chi connectivity index (χ1v) is 10.7. The van der Waals surface area contributed by atoms with Gasteiger partial charge in [0.2, 0.25) is 5.75 Å². The summed E-state index contributed by atoms with van der Waals surface area (Å²) in [5.74, 6) is -0.155. The van der Waals surface area contributed by atoms with Crippen molar-refractivity contribution in [3.8, 4) is 17.6 Å². The molecule has 0 aliphatic heterocycles. The van der Waals surface area contributed by atoms with Crippen molar-refractivity contribution in [2.45, 2.75) is 26.2 Å². The highest BCUT2D eigenvalue weighted by molar-refractivity contribution is 6.31. The zero-order valence-electron chi connectivity index (χ0n) is 18.8. The Labute approximate surface area is 202 Å². The van der Waals surface area contributed by atoms with Crippen LogP contribution in [0.15, 0.2) is 72.3 Å². The van der Waals surface area contributed by atoms with Crippen LogP contribution < -0.4 is 10.1 Å². The fourth-order valence-corrected chi connectivity index (χ4v) is 3.27. The maximum absolute atomic E-state index is 12.5. The number of nitro benzene ring substituents is 1. The van der Waals surface area contributed by atoms with E-state index in [-0.39, 0.29) is 22.4 Å². The SMILES string of the molecule is CC(C)(C)c1ccc(Oc2ccc(C=C(C#N)C(=O)Nc3cccc(Cl)c3)cc2[N+](=O)[O-])cc1. The van der Waals surface area contributed by atoms with Crippen LogP contribution in [0.4, 0.5) is 11.4 Å². The number of nitriles is 1. The normalized spacial score (nSPS) is 11.4. The van der Waals surface area contributed by atoms with Crippen molar-refractivity contribution in [2.75, 3.05) is 5.32 Å². The maximum Gasteiger partial charge on any atom is 0.312 e. The molecular weight excluding hydrogens is 454 g/mol. The minimum Gasteiger partial charge on any atom is -0.450 e. The second kappa shape index (κ2) is 10.2. The minimum absolute atomic E-state index is 0.0317. The monoisotopic (exact) mass is 475 g/mol. The smallest absolute Gasteiger partial charge is 0.312 e. The fourth-order valence-electron chi connectivity index (χ4n) is 3.08. The van der Waals surface area contributed by atoms with E-state index in [1.807, 2.05) is 18.2 Å². The molecule has 0 spiro atoms. The first-order valence-electron chi connectivity index (χ1n) is 10.3. The lowest BCUT2D eigenvalue weighted by Crippen LogP contribution is -2.13. The number of benzene rings is 3. The molecule has 0 heterocycles. The molecule has 1 N–H and O–H groups in total.